The molecule has 0 bridgehead atoms. The van der Waals surface area contributed by atoms with Crippen molar-refractivity contribution in [3.05, 3.63) is 49.3 Å². The van der Waals surface area contributed by atoms with Crippen molar-refractivity contribution in [2.75, 3.05) is 56.2 Å². The fourth-order valence-corrected chi connectivity index (χ4v) is 4.55. The van der Waals surface area contributed by atoms with Gasteiger partial charge in [0, 0.05) is 56.9 Å². The zero-order chi connectivity index (χ0) is 22.6. The molecule has 172 valence electrons. The first-order valence-corrected chi connectivity index (χ1v) is 11.3. The van der Waals surface area contributed by atoms with Crippen molar-refractivity contribution in [2.24, 2.45) is 5.92 Å². The van der Waals surface area contributed by atoms with E-state index < -0.39 is 0 Å². The standard InChI is InChI=1S/C23H28N8O2/c1-33-20-4-2-19(3-5-20)28-10-12-30(13-11-28)23(32)18-6-8-29(9-7-18)21-14-22(26-16-25-21)31-17-24-15-27-31/h2-5,14-18H,6-13H2,1H3. The number of benzene rings is 1. The molecule has 2 aromatic heterocycles. The van der Waals surface area contributed by atoms with Gasteiger partial charge in [-0.2, -0.15) is 5.10 Å². The Balaban J connectivity index is 1.13. The van der Waals surface area contributed by atoms with E-state index in [1.165, 1.54) is 12.0 Å². The van der Waals surface area contributed by atoms with Crippen LogP contribution in [0.1, 0.15) is 12.8 Å². The summed E-state index contributed by atoms with van der Waals surface area (Å²) in [6.07, 6.45) is 6.31. The van der Waals surface area contributed by atoms with Crippen molar-refractivity contribution in [1.29, 1.82) is 0 Å². The van der Waals surface area contributed by atoms with Crippen LogP contribution in [-0.2, 0) is 4.79 Å². The minimum Gasteiger partial charge on any atom is -0.497 e. The number of carbonyl (C=O) groups excluding carboxylic acids is 1. The van der Waals surface area contributed by atoms with E-state index in [9.17, 15) is 4.79 Å². The molecule has 4 heterocycles. The third kappa shape index (κ3) is 4.59. The Morgan fingerprint density at radius 2 is 1.64 bits per heavy atom. The number of amides is 1. The summed E-state index contributed by atoms with van der Waals surface area (Å²) in [4.78, 5) is 32.4. The van der Waals surface area contributed by atoms with Gasteiger partial charge in [-0.1, -0.05) is 0 Å². The van der Waals surface area contributed by atoms with Gasteiger partial charge in [-0.3, -0.25) is 4.79 Å². The average molecular weight is 449 g/mol. The van der Waals surface area contributed by atoms with Gasteiger partial charge in [-0.15, -0.1) is 0 Å². The molecular weight excluding hydrogens is 420 g/mol. The number of hydrogen-bond donors (Lipinski definition) is 0. The Kier molecular flexibility index (Phi) is 6.05. The van der Waals surface area contributed by atoms with Gasteiger partial charge in [-0.25, -0.2) is 19.6 Å². The summed E-state index contributed by atoms with van der Waals surface area (Å²) in [6.45, 7) is 4.83. The van der Waals surface area contributed by atoms with Gasteiger partial charge >= 0.3 is 0 Å². The predicted octanol–water partition coefficient (Wildman–Crippen LogP) is 1.63. The number of hydrogen-bond acceptors (Lipinski definition) is 8. The van der Waals surface area contributed by atoms with Crippen LogP contribution in [0.4, 0.5) is 11.5 Å². The Labute approximate surface area is 192 Å². The molecule has 0 atom stereocenters. The summed E-state index contributed by atoms with van der Waals surface area (Å²) in [5.41, 5.74) is 1.17. The molecule has 1 amide bonds. The molecule has 10 nitrogen and oxygen atoms in total. The number of anilines is 2. The second-order valence-corrected chi connectivity index (χ2v) is 8.35. The highest BCUT2D eigenvalue weighted by Crippen LogP contribution is 2.26. The molecule has 1 aromatic carbocycles. The summed E-state index contributed by atoms with van der Waals surface area (Å²) in [6, 6.07) is 10.0. The lowest BCUT2D eigenvalue weighted by Crippen LogP contribution is -2.51. The first-order valence-electron chi connectivity index (χ1n) is 11.3. The molecule has 3 aromatic rings. The minimum absolute atomic E-state index is 0.0745. The zero-order valence-electron chi connectivity index (χ0n) is 18.7. The number of aromatic nitrogens is 5. The summed E-state index contributed by atoms with van der Waals surface area (Å²) >= 11 is 0. The molecule has 0 N–H and O–H groups in total. The average Bonchev–Trinajstić information content (AvgIpc) is 3.44. The fourth-order valence-electron chi connectivity index (χ4n) is 4.55. The van der Waals surface area contributed by atoms with Crippen molar-refractivity contribution in [3.63, 3.8) is 0 Å². The third-order valence-electron chi connectivity index (χ3n) is 6.49. The number of carbonyl (C=O) groups is 1. The van der Waals surface area contributed by atoms with Gasteiger partial charge < -0.3 is 19.4 Å². The van der Waals surface area contributed by atoms with Crippen molar-refractivity contribution in [1.82, 2.24) is 29.6 Å². The van der Waals surface area contributed by atoms with Crippen LogP contribution in [0.2, 0.25) is 0 Å². The van der Waals surface area contributed by atoms with Gasteiger partial charge in [0.2, 0.25) is 5.91 Å². The molecule has 0 unspecified atom stereocenters. The Morgan fingerprint density at radius 3 is 2.30 bits per heavy atom. The number of piperidine rings is 1. The largest absolute Gasteiger partial charge is 0.497 e. The molecule has 0 radical (unpaired) electrons. The van der Waals surface area contributed by atoms with Gasteiger partial charge in [0.1, 0.15) is 30.5 Å². The summed E-state index contributed by atoms with van der Waals surface area (Å²) in [5.74, 6) is 2.76. The third-order valence-corrected chi connectivity index (χ3v) is 6.49. The van der Waals surface area contributed by atoms with Crippen LogP contribution in [0.15, 0.2) is 49.3 Å². The lowest BCUT2D eigenvalue weighted by Gasteiger charge is -2.39. The maximum absolute atomic E-state index is 13.2. The Bertz CT molecular complexity index is 1060. The number of ether oxygens (including phenoxy) is 1. The van der Waals surface area contributed by atoms with E-state index in [0.717, 1.165) is 63.7 Å². The van der Waals surface area contributed by atoms with E-state index in [2.05, 4.69) is 42.0 Å². The molecule has 33 heavy (non-hydrogen) atoms. The van der Waals surface area contributed by atoms with Crippen molar-refractivity contribution < 1.29 is 9.53 Å². The number of methoxy groups -OCH3 is 1. The Hall–Kier alpha value is -3.69. The SMILES string of the molecule is COc1ccc(N2CCN(C(=O)C3CCN(c4cc(-n5cncn5)ncn4)CC3)CC2)cc1. The van der Waals surface area contributed by atoms with Crippen LogP contribution >= 0.6 is 0 Å². The highest BCUT2D eigenvalue weighted by molar-refractivity contribution is 5.79. The van der Waals surface area contributed by atoms with Crippen molar-refractivity contribution >= 4 is 17.4 Å². The van der Waals surface area contributed by atoms with Crippen LogP contribution < -0.4 is 14.5 Å². The maximum Gasteiger partial charge on any atom is 0.225 e. The van der Waals surface area contributed by atoms with Gasteiger partial charge in [0.15, 0.2) is 5.82 Å². The van der Waals surface area contributed by atoms with Crippen molar-refractivity contribution in [2.45, 2.75) is 12.8 Å². The summed E-state index contributed by atoms with van der Waals surface area (Å²) in [7, 11) is 1.67. The molecule has 0 spiro atoms. The van der Waals surface area contributed by atoms with E-state index >= 15 is 0 Å². The molecule has 2 fully saturated rings. The monoisotopic (exact) mass is 448 g/mol. The van der Waals surface area contributed by atoms with Crippen LogP contribution in [0, 0.1) is 5.92 Å². The second-order valence-electron chi connectivity index (χ2n) is 8.35. The van der Waals surface area contributed by atoms with E-state index in [0.29, 0.717) is 5.82 Å². The predicted molar refractivity (Wildman–Crippen MR) is 124 cm³/mol. The number of nitrogens with zero attached hydrogens (tertiary/aromatic N) is 8. The molecule has 2 aliphatic heterocycles. The van der Waals surface area contributed by atoms with Gasteiger partial charge in [-0.05, 0) is 37.1 Å². The van der Waals surface area contributed by atoms with Gasteiger partial charge in [0.05, 0.1) is 7.11 Å². The highest BCUT2D eigenvalue weighted by atomic mass is 16.5. The lowest BCUT2D eigenvalue weighted by atomic mass is 9.95. The molecule has 0 aliphatic carbocycles. The summed E-state index contributed by atoms with van der Waals surface area (Å²) in [5, 5.41) is 4.13. The van der Waals surface area contributed by atoms with E-state index in [-0.39, 0.29) is 11.8 Å². The molecule has 2 saturated heterocycles. The Morgan fingerprint density at radius 1 is 0.909 bits per heavy atom. The lowest BCUT2D eigenvalue weighted by molar-refractivity contribution is -0.136. The summed E-state index contributed by atoms with van der Waals surface area (Å²) < 4.78 is 6.86. The van der Waals surface area contributed by atoms with E-state index in [1.54, 1.807) is 24.4 Å². The fraction of sp³-hybridized carbons (Fsp3) is 0.435. The van der Waals surface area contributed by atoms with Crippen LogP contribution in [-0.4, -0.2) is 81.9 Å². The molecular formula is C23H28N8O2. The van der Waals surface area contributed by atoms with Crippen molar-refractivity contribution in [3.8, 4) is 11.6 Å². The first-order chi connectivity index (χ1) is 16.2. The number of piperazine rings is 1. The molecule has 0 saturated carbocycles. The second kappa shape index (κ2) is 9.43. The van der Waals surface area contributed by atoms with Crippen LogP contribution in [0.5, 0.6) is 5.75 Å². The topological polar surface area (TPSA) is 92.5 Å². The van der Waals surface area contributed by atoms with Gasteiger partial charge in [0.25, 0.3) is 0 Å². The zero-order valence-corrected chi connectivity index (χ0v) is 18.7. The highest BCUT2D eigenvalue weighted by Gasteiger charge is 2.31. The maximum atomic E-state index is 13.2. The smallest absolute Gasteiger partial charge is 0.225 e. The quantitative estimate of drug-likeness (QED) is 0.582. The van der Waals surface area contributed by atoms with E-state index in [4.69, 9.17) is 4.74 Å². The molecule has 2 aliphatic rings. The molecule has 10 heteroatoms. The van der Waals surface area contributed by atoms with Crippen LogP contribution in [0.3, 0.4) is 0 Å². The number of rotatable bonds is 5. The normalized spacial score (nSPS) is 17.3. The first kappa shape index (κ1) is 21.2. The minimum atomic E-state index is 0.0745. The van der Waals surface area contributed by atoms with E-state index in [1.807, 2.05) is 23.1 Å². The molecule has 5 rings (SSSR count). The van der Waals surface area contributed by atoms with Crippen LogP contribution in [0.25, 0.3) is 5.82 Å².